The van der Waals surface area contributed by atoms with E-state index in [9.17, 15) is 4.79 Å². The Balaban J connectivity index is 2.48. The van der Waals surface area contributed by atoms with E-state index in [-0.39, 0.29) is 5.78 Å². The number of Topliss-reactive ketones (excluding diaryl/α,β-unsaturated/α-hetero) is 1. The zero-order chi connectivity index (χ0) is 11.2. The molecule has 0 N–H and O–H groups in total. The molecule has 2 rings (SSSR count). The minimum absolute atomic E-state index is 0.232. The lowest BCUT2D eigenvalue weighted by atomic mass is 9.62. The van der Waals surface area contributed by atoms with Crippen molar-refractivity contribution in [3.8, 4) is 0 Å². The van der Waals surface area contributed by atoms with Crippen LogP contribution in [0.3, 0.4) is 0 Å². The number of carbonyl (C=O) groups excluding carboxylic acids is 1. The van der Waals surface area contributed by atoms with Crippen molar-refractivity contribution in [1.82, 2.24) is 0 Å². The van der Waals surface area contributed by atoms with Crippen molar-refractivity contribution in [3.63, 3.8) is 0 Å². The second-order valence-electron chi connectivity index (χ2n) is 5.54. The summed E-state index contributed by atoms with van der Waals surface area (Å²) in [5, 5.41) is 0. The number of fused-ring (bicyclic) bond motifs is 1. The van der Waals surface area contributed by atoms with E-state index in [1.807, 2.05) is 0 Å². The number of rotatable bonds is 1. The van der Waals surface area contributed by atoms with Gasteiger partial charge in [-0.25, -0.2) is 0 Å². The molecule has 0 amide bonds. The van der Waals surface area contributed by atoms with E-state index in [1.165, 1.54) is 12.0 Å². The Bertz CT molecular complexity index is 358. The van der Waals surface area contributed by atoms with E-state index in [4.69, 9.17) is 0 Å². The van der Waals surface area contributed by atoms with Gasteiger partial charge in [0.15, 0.2) is 5.78 Å². The lowest BCUT2D eigenvalue weighted by Gasteiger charge is -2.42. The summed E-state index contributed by atoms with van der Waals surface area (Å²) >= 11 is 0. The number of allylic oxidation sites excluding steroid dienone is 4. The van der Waals surface area contributed by atoms with Gasteiger partial charge in [-0.2, -0.15) is 0 Å². The van der Waals surface area contributed by atoms with Gasteiger partial charge in [-0.1, -0.05) is 32.9 Å². The largest absolute Gasteiger partial charge is 0.295 e. The van der Waals surface area contributed by atoms with Crippen LogP contribution < -0.4 is 0 Å². The van der Waals surface area contributed by atoms with Crippen LogP contribution in [0.2, 0.25) is 0 Å². The highest BCUT2D eigenvalue weighted by atomic mass is 16.1. The van der Waals surface area contributed by atoms with Crippen LogP contribution in [0.5, 0.6) is 0 Å². The fourth-order valence-electron chi connectivity index (χ4n) is 2.97. The van der Waals surface area contributed by atoms with Gasteiger partial charge >= 0.3 is 0 Å². The second kappa shape index (κ2) is 3.33. The van der Waals surface area contributed by atoms with Crippen LogP contribution in [-0.2, 0) is 4.79 Å². The first-order chi connectivity index (χ1) is 6.94. The minimum Gasteiger partial charge on any atom is -0.295 e. The van der Waals surface area contributed by atoms with Gasteiger partial charge in [0.2, 0.25) is 0 Å². The molecular weight excluding hydrogens is 184 g/mol. The zero-order valence-electron chi connectivity index (χ0n) is 10.1. The molecule has 0 heterocycles. The van der Waals surface area contributed by atoms with Crippen molar-refractivity contribution in [3.05, 3.63) is 23.3 Å². The van der Waals surface area contributed by atoms with Crippen LogP contribution in [0.25, 0.3) is 0 Å². The van der Waals surface area contributed by atoms with Gasteiger partial charge in [0, 0.05) is 5.57 Å². The fraction of sp³-hybridized carbons (Fsp3) is 0.643. The average Bonchev–Trinajstić information content (AvgIpc) is 2.60. The van der Waals surface area contributed by atoms with Crippen LogP contribution in [-0.4, -0.2) is 5.78 Å². The molecule has 0 aromatic heterocycles. The van der Waals surface area contributed by atoms with Crippen molar-refractivity contribution in [1.29, 1.82) is 0 Å². The monoisotopic (exact) mass is 204 g/mol. The third kappa shape index (κ3) is 1.49. The van der Waals surface area contributed by atoms with E-state index >= 15 is 0 Å². The highest BCUT2D eigenvalue weighted by Gasteiger charge is 2.42. The van der Waals surface area contributed by atoms with Crippen molar-refractivity contribution in [2.24, 2.45) is 17.3 Å². The molecular formula is C14H20O. The van der Waals surface area contributed by atoms with Crippen LogP contribution in [0.4, 0.5) is 0 Å². The third-order valence-corrected chi connectivity index (χ3v) is 4.37. The van der Waals surface area contributed by atoms with Gasteiger partial charge < -0.3 is 0 Å². The highest BCUT2D eigenvalue weighted by Crippen LogP contribution is 2.51. The smallest absolute Gasteiger partial charge is 0.159 e. The van der Waals surface area contributed by atoms with Gasteiger partial charge in [0.05, 0.1) is 0 Å². The Hall–Kier alpha value is -0.850. The van der Waals surface area contributed by atoms with E-state index in [1.54, 1.807) is 6.92 Å². The summed E-state index contributed by atoms with van der Waals surface area (Å²) in [6, 6.07) is 0. The maximum absolute atomic E-state index is 11.6. The molecule has 0 fully saturated rings. The van der Waals surface area contributed by atoms with Crippen LogP contribution >= 0.6 is 0 Å². The molecule has 2 aliphatic carbocycles. The molecule has 2 aliphatic rings. The summed E-state index contributed by atoms with van der Waals surface area (Å²) in [4.78, 5) is 11.6. The fourth-order valence-corrected chi connectivity index (χ4v) is 2.97. The standard InChI is InChI=1S/C14H20O/c1-9-8-12(10(2)15)11-6-5-7-13(11)14(9,3)4/h6,8-9,13H,5,7H2,1-4H3/t9-,13-/m0/s1. The Morgan fingerprint density at radius 1 is 1.47 bits per heavy atom. The van der Waals surface area contributed by atoms with Crippen LogP contribution in [0.1, 0.15) is 40.5 Å². The van der Waals surface area contributed by atoms with Crippen LogP contribution in [0, 0.1) is 17.3 Å². The molecule has 0 unspecified atom stereocenters. The van der Waals surface area contributed by atoms with Gasteiger partial charge in [-0.15, -0.1) is 0 Å². The second-order valence-corrected chi connectivity index (χ2v) is 5.54. The zero-order valence-corrected chi connectivity index (χ0v) is 10.1. The number of ketones is 1. The molecule has 1 nitrogen and oxygen atoms in total. The van der Waals surface area contributed by atoms with Gasteiger partial charge in [0.25, 0.3) is 0 Å². The molecule has 0 saturated heterocycles. The minimum atomic E-state index is 0.232. The molecule has 0 radical (unpaired) electrons. The average molecular weight is 204 g/mol. The molecule has 0 aromatic rings. The quantitative estimate of drug-likeness (QED) is 0.638. The van der Waals surface area contributed by atoms with Gasteiger partial charge in [-0.05, 0) is 42.6 Å². The predicted molar refractivity (Wildman–Crippen MR) is 62.5 cm³/mol. The third-order valence-electron chi connectivity index (χ3n) is 4.37. The summed E-state index contributed by atoms with van der Waals surface area (Å²) in [6.07, 6.45) is 6.81. The Kier molecular flexibility index (Phi) is 2.37. The van der Waals surface area contributed by atoms with Gasteiger partial charge in [0.1, 0.15) is 0 Å². The summed E-state index contributed by atoms with van der Waals surface area (Å²) in [7, 11) is 0. The molecule has 0 aromatic carbocycles. The lowest BCUT2D eigenvalue weighted by Crippen LogP contribution is -2.35. The molecule has 15 heavy (non-hydrogen) atoms. The van der Waals surface area contributed by atoms with Crippen molar-refractivity contribution < 1.29 is 4.79 Å². The Morgan fingerprint density at radius 3 is 2.73 bits per heavy atom. The van der Waals surface area contributed by atoms with Crippen molar-refractivity contribution in [2.75, 3.05) is 0 Å². The van der Waals surface area contributed by atoms with E-state index in [0.29, 0.717) is 17.3 Å². The molecule has 2 atom stereocenters. The molecule has 82 valence electrons. The van der Waals surface area contributed by atoms with Crippen LogP contribution in [0.15, 0.2) is 23.3 Å². The lowest BCUT2D eigenvalue weighted by molar-refractivity contribution is -0.113. The Labute approximate surface area is 92.3 Å². The molecule has 0 spiro atoms. The predicted octanol–water partition coefficient (Wildman–Crippen LogP) is 3.51. The summed E-state index contributed by atoms with van der Waals surface area (Å²) < 4.78 is 0. The number of hydrogen-bond acceptors (Lipinski definition) is 1. The van der Waals surface area contributed by atoms with Crippen molar-refractivity contribution >= 4 is 5.78 Å². The summed E-state index contributed by atoms with van der Waals surface area (Å²) in [6.45, 7) is 8.58. The first kappa shape index (κ1) is 10.7. The number of carbonyl (C=O) groups is 1. The van der Waals surface area contributed by atoms with E-state index < -0.39 is 0 Å². The Morgan fingerprint density at radius 2 is 2.13 bits per heavy atom. The van der Waals surface area contributed by atoms with E-state index in [0.717, 1.165) is 12.0 Å². The maximum Gasteiger partial charge on any atom is 0.159 e. The highest BCUT2D eigenvalue weighted by molar-refractivity contribution is 5.98. The number of hydrogen-bond donors (Lipinski definition) is 0. The molecule has 0 bridgehead atoms. The summed E-state index contributed by atoms with van der Waals surface area (Å²) in [5.41, 5.74) is 2.62. The molecule has 0 saturated carbocycles. The van der Waals surface area contributed by atoms with Crippen molar-refractivity contribution in [2.45, 2.75) is 40.5 Å². The van der Waals surface area contributed by atoms with Gasteiger partial charge in [-0.3, -0.25) is 4.79 Å². The first-order valence-electron chi connectivity index (χ1n) is 5.87. The molecule has 1 heteroatoms. The molecule has 0 aliphatic heterocycles. The SMILES string of the molecule is CC(=O)C1=C[C@H](C)C(C)(C)[C@H]2CCC=C12. The maximum atomic E-state index is 11.6. The topological polar surface area (TPSA) is 17.1 Å². The first-order valence-corrected chi connectivity index (χ1v) is 5.87. The van der Waals surface area contributed by atoms with E-state index in [2.05, 4.69) is 32.9 Å². The summed E-state index contributed by atoms with van der Waals surface area (Å²) in [5.74, 6) is 1.32. The normalized spacial score (nSPS) is 33.1.